The molecule has 1 aliphatic rings. The van der Waals surface area contributed by atoms with Crippen LogP contribution in [-0.2, 0) is 14.6 Å². The quantitative estimate of drug-likeness (QED) is 0.772. The van der Waals surface area contributed by atoms with Gasteiger partial charge in [0, 0.05) is 12.1 Å². The van der Waals surface area contributed by atoms with Crippen molar-refractivity contribution in [3.8, 4) is 11.5 Å². The molecule has 1 N–H and O–H groups in total. The second-order valence-electron chi connectivity index (χ2n) is 5.41. The topological polar surface area (TPSA) is 81.7 Å². The fourth-order valence-corrected chi connectivity index (χ4v) is 4.44. The van der Waals surface area contributed by atoms with Crippen molar-refractivity contribution >= 4 is 33.4 Å². The lowest BCUT2D eigenvalue weighted by molar-refractivity contribution is -0.116. The summed E-state index contributed by atoms with van der Waals surface area (Å²) in [4.78, 5) is 11.9. The lowest BCUT2D eigenvalue weighted by Crippen LogP contribution is -2.34. The Morgan fingerprint density at radius 3 is 2.79 bits per heavy atom. The van der Waals surface area contributed by atoms with Gasteiger partial charge >= 0.3 is 0 Å². The van der Waals surface area contributed by atoms with Crippen LogP contribution in [0.1, 0.15) is 18.9 Å². The summed E-state index contributed by atoms with van der Waals surface area (Å²) in [7, 11) is -1.52. The third-order valence-electron chi connectivity index (χ3n) is 3.54. The SMILES string of the molecule is CCOc1cc(/C=C/C(=O)NC2CCS(=O)(=O)C2)cc(Cl)c1OC. The molecule has 1 unspecified atom stereocenters. The van der Waals surface area contributed by atoms with Crippen LogP contribution >= 0.6 is 11.6 Å². The summed E-state index contributed by atoms with van der Waals surface area (Å²) in [5.74, 6) is 0.704. The largest absolute Gasteiger partial charge is 0.491 e. The number of carbonyl (C=O) groups excluding carboxylic acids is 1. The number of hydrogen-bond acceptors (Lipinski definition) is 5. The van der Waals surface area contributed by atoms with Crippen LogP contribution in [0.5, 0.6) is 11.5 Å². The molecule has 24 heavy (non-hydrogen) atoms. The highest BCUT2D eigenvalue weighted by atomic mass is 35.5. The van der Waals surface area contributed by atoms with E-state index < -0.39 is 9.84 Å². The Bertz CT molecular complexity index is 745. The number of methoxy groups -OCH3 is 1. The summed E-state index contributed by atoms with van der Waals surface area (Å²) in [6, 6.07) is 3.05. The van der Waals surface area contributed by atoms with Gasteiger partial charge in [-0.3, -0.25) is 4.79 Å². The van der Waals surface area contributed by atoms with Gasteiger partial charge in [-0.25, -0.2) is 8.42 Å². The molecule has 0 aromatic heterocycles. The molecule has 6 nitrogen and oxygen atoms in total. The van der Waals surface area contributed by atoms with Gasteiger partial charge in [0.05, 0.1) is 30.2 Å². The molecular formula is C16H20ClNO5S. The number of ether oxygens (including phenoxy) is 2. The maximum atomic E-state index is 11.9. The number of rotatable bonds is 6. The number of halogens is 1. The molecule has 0 bridgehead atoms. The third-order valence-corrected chi connectivity index (χ3v) is 5.59. The Balaban J connectivity index is 2.07. The van der Waals surface area contributed by atoms with E-state index in [0.29, 0.717) is 35.1 Å². The Labute approximate surface area is 146 Å². The van der Waals surface area contributed by atoms with Crippen LogP contribution in [0.25, 0.3) is 6.08 Å². The van der Waals surface area contributed by atoms with Gasteiger partial charge in [-0.15, -0.1) is 0 Å². The van der Waals surface area contributed by atoms with Crippen molar-refractivity contribution in [2.75, 3.05) is 25.2 Å². The van der Waals surface area contributed by atoms with Gasteiger partial charge < -0.3 is 14.8 Å². The number of hydrogen-bond donors (Lipinski definition) is 1. The molecule has 1 heterocycles. The van der Waals surface area contributed by atoms with Gasteiger partial charge in [0.1, 0.15) is 0 Å². The highest BCUT2D eigenvalue weighted by Gasteiger charge is 2.28. The molecule has 0 aliphatic carbocycles. The van der Waals surface area contributed by atoms with Crippen molar-refractivity contribution in [2.24, 2.45) is 0 Å². The average Bonchev–Trinajstić information content (AvgIpc) is 2.84. The molecule has 1 amide bonds. The summed E-state index contributed by atoms with van der Waals surface area (Å²) in [5, 5.41) is 3.07. The molecular weight excluding hydrogens is 354 g/mol. The van der Waals surface area contributed by atoms with Crippen LogP contribution in [0.15, 0.2) is 18.2 Å². The molecule has 2 rings (SSSR count). The molecule has 1 fully saturated rings. The summed E-state index contributed by atoms with van der Waals surface area (Å²) in [6.45, 7) is 2.30. The minimum absolute atomic E-state index is 0.00453. The monoisotopic (exact) mass is 373 g/mol. The van der Waals surface area contributed by atoms with Crippen molar-refractivity contribution in [3.05, 3.63) is 28.8 Å². The molecule has 1 aliphatic heterocycles. The van der Waals surface area contributed by atoms with Gasteiger partial charge in [-0.1, -0.05) is 11.6 Å². The summed E-state index contributed by atoms with van der Waals surface area (Å²) >= 11 is 6.15. The number of benzene rings is 1. The number of carbonyl (C=O) groups is 1. The van der Waals surface area contributed by atoms with E-state index in [2.05, 4.69) is 5.32 Å². The zero-order valence-electron chi connectivity index (χ0n) is 13.5. The fourth-order valence-electron chi connectivity index (χ4n) is 2.48. The summed E-state index contributed by atoms with van der Waals surface area (Å²) in [5.41, 5.74) is 0.679. The molecule has 1 aromatic carbocycles. The van der Waals surface area contributed by atoms with E-state index >= 15 is 0 Å². The predicted octanol–water partition coefficient (Wildman–Crippen LogP) is 2.06. The van der Waals surface area contributed by atoms with Gasteiger partial charge in [-0.2, -0.15) is 0 Å². The lowest BCUT2D eigenvalue weighted by atomic mass is 10.1. The van der Waals surface area contributed by atoms with Gasteiger partial charge in [0.15, 0.2) is 21.3 Å². The third kappa shape index (κ3) is 4.88. The molecule has 1 saturated heterocycles. The molecule has 132 valence electrons. The van der Waals surface area contributed by atoms with Crippen molar-refractivity contribution in [2.45, 2.75) is 19.4 Å². The fraction of sp³-hybridized carbons (Fsp3) is 0.438. The van der Waals surface area contributed by atoms with Gasteiger partial charge in [-0.05, 0) is 37.1 Å². The molecule has 8 heteroatoms. The minimum atomic E-state index is -3.02. The predicted molar refractivity (Wildman–Crippen MR) is 93.4 cm³/mol. The second kappa shape index (κ2) is 7.90. The molecule has 1 atom stereocenters. The maximum absolute atomic E-state index is 11.9. The highest BCUT2D eigenvalue weighted by molar-refractivity contribution is 7.91. The summed E-state index contributed by atoms with van der Waals surface area (Å²) < 4.78 is 33.5. The van der Waals surface area contributed by atoms with Crippen molar-refractivity contribution in [3.63, 3.8) is 0 Å². The summed E-state index contributed by atoms with van der Waals surface area (Å²) in [6.07, 6.45) is 3.39. The number of amides is 1. The van der Waals surface area contributed by atoms with Crippen molar-refractivity contribution < 1.29 is 22.7 Å². The van der Waals surface area contributed by atoms with E-state index in [-0.39, 0.29) is 23.5 Å². The van der Waals surface area contributed by atoms with E-state index in [9.17, 15) is 13.2 Å². The van der Waals surface area contributed by atoms with E-state index in [1.54, 1.807) is 18.2 Å². The van der Waals surface area contributed by atoms with Crippen LogP contribution in [-0.4, -0.2) is 45.6 Å². The first-order chi connectivity index (χ1) is 11.3. The van der Waals surface area contributed by atoms with Crippen LogP contribution in [0.4, 0.5) is 0 Å². The minimum Gasteiger partial charge on any atom is -0.491 e. The zero-order valence-corrected chi connectivity index (χ0v) is 15.1. The average molecular weight is 374 g/mol. The maximum Gasteiger partial charge on any atom is 0.244 e. The highest BCUT2D eigenvalue weighted by Crippen LogP contribution is 2.36. The molecule has 0 radical (unpaired) electrons. The van der Waals surface area contributed by atoms with Gasteiger partial charge in [0.2, 0.25) is 5.91 Å². The first kappa shape index (κ1) is 18.6. The van der Waals surface area contributed by atoms with E-state index in [0.717, 1.165) is 0 Å². The van der Waals surface area contributed by atoms with E-state index in [1.807, 2.05) is 6.92 Å². The normalized spacial score (nSPS) is 19.4. The smallest absolute Gasteiger partial charge is 0.244 e. The first-order valence-corrected chi connectivity index (χ1v) is 9.74. The number of sulfone groups is 1. The Hall–Kier alpha value is -1.73. The molecule has 0 spiro atoms. The standard InChI is InChI=1S/C16H20ClNO5S/c1-3-23-14-9-11(8-13(17)16(14)22-2)4-5-15(19)18-12-6-7-24(20,21)10-12/h4-5,8-9,12H,3,6-7,10H2,1-2H3,(H,18,19)/b5-4+. The first-order valence-electron chi connectivity index (χ1n) is 7.54. The van der Waals surface area contributed by atoms with Crippen LogP contribution in [0, 0.1) is 0 Å². The Morgan fingerprint density at radius 2 is 2.21 bits per heavy atom. The van der Waals surface area contributed by atoms with Crippen molar-refractivity contribution in [1.29, 1.82) is 0 Å². The Morgan fingerprint density at radius 1 is 1.46 bits per heavy atom. The lowest BCUT2D eigenvalue weighted by Gasteiger charge is -2.12. The van der Waals surface area contributed by atoms with E-state index in [1.165, 1.54) is 13.2 Å². The van der Waals surface area contributed by atoms with Gasteiger partial charge in [0.25, 0.3) is 0 Å². The second-order valence-corrected chi connectivity index (χ2v) is 8.04. The zero-order chi connectivity index (χ0) is 17.7. The van der Waals surface area contributed by atoms with Crippen LogP contribution < -0.4 is 14.8 Å². The van der Waals surface area contributed by atoms with E-state index in [4.69, 9.17) is 21.1 Å². The van der Waals surface area contributed by atoms with Crippen molar-refractivity contribution in [1.82, 2.24) is 5.32 Å². The molecule has 0 saturated carbocycles. The number of nitrogens with one attached hydrogen (secondary N) is 1. The van der Waals surface area contributed by atoms with Crippen LogP contribution in [0.2, 0.25) is 5.02 Å². The Kier molecular flexibility index (Phi) is 6.12. The van der Waals surface area contributed by atoms with Crippen LogP contribution in [0.3, 0.4) is 0 Å². The molecule has 1 aromatic rings.